The van der Waals surface area contributed by atoms with Crippen molar-refractivity contribution < 1.29 is 19.8 Å². The van der Waals surface area contributed by atoms with Crippen molar-refractivity contribution in [3.05, 3.63) is 0 Å². The van der Waals surface area contributed by atoms with E-state index in [1.165, 1.54) is 25.7 Å². The summed E-state index contributed by atoms with van der Waals surface area (Å²) in [4.78, 5) is 21.7. The van der Waals surface area contributed by atoms with E-state index in [1.807, 2.05) is 13.8 Å². The molecule has 0 heterocycles. The molecule has 22 heavy (non-hydrogen) atoms. The van der Waals surface area contributed by atoms with Gasteiger partial charge in [-0.3, -0.25) is 9.59 Å². The molecule has 4 heteroatoms. The summed E-state index contributed by atoms with van der Waals surface area (Å²) in [7, 11) is 0. The maximum atomic E-state index is 11.4. The van der Waals surface area contributed by atoms with Gasteiger partial charge in [0.15, 0.2) is 0 Å². The van der Waals surface area contributed by atoms with Crippen LogP contribution in [0.25, 0.3) is 0 Å². The number of rotatable bonds is 15. The monoisotopic (exact) mass is 314 g/mol. The second-order valence-electron chi connectivity index (χ2n) is 6.37. The second kappa shape index (κ2) is 12.5. The number of carbonyl (C=O) groups is 2. The second-order valence-corrected chi connectivity index (χ2v) is 6.37. The van der Waals surface area contributed by atoms with E-state index >= 15 is 0 Å². The summed E-state index contributed by atoms with van der Waals surface area (Å²) >= 11 is 0. The van der Waals surface area contributed by atoms with Gasteiger partial charge in [-0.05, 0) is 25.7 Å². The van der Waals surface area contributed by atoms with Crippen LogP contribution in [0.4, 0.5) is 0 Å². The molecule has 0 aliphatic heterocycles. The Kier molecular flexibility index (Phi) is 11.9. The SMILES string of the molecule is CCC(CC)(CCCCCCCCCCCC(=O)O)C(=O)O. The van der Waals surface area contributed by atoms with E-state index in [9.17, 15) is 14.7 Å². The largest absolute Gasteiger partial charge is 0.481 e. The van der Waals surface area contributed by atoms with Gasteiger partial charge in [-0.1, -0.05) is 65.2 Å². The molecule has 2 N–H and O–H groups in total. The first-order valence-corrected chi connectivity index (χ1v) is 8.93. The molecule has 0 bridgehead atoms. The molecular weight excluding hydrogens is 280 g/mol. The van der Waals surface area contributed by atoms with Crippen LogP contribution in [0.1, 0.15) is 97.3 Å². The fourth-order valence-corrected chi connectivity index (χ4v) is 2.99. The highest BCUT2D eigenvalue weighted by Gasteiger charge is 2.33. The summed E-state index contributed by atoms with van der Waals surface area (Å²) in [6, 6.07) is 0. The molecule has 0 rings (SSSR count). The number of hydrogen-bond donors (Lipinski definition) is 2. The molecule has 130 valence electrons. The Labute approximate surface area is 135 Å². The first-order chi connectivity index (χ1) is 10.5. The molecule has 0 radical (unpaired) electrons. The highest BCUT2D eigenvalue weighted by atomic mass is 16.4. The van der Waals surface area contributed by atoms with Crippen LogP contribution >= 0.6 is 0 Å². The van der Waals surface area contributed by atoms with Gasteiger partial charge in [-0.15, -0.1) is 0 Å². The van der Waals surface area contributed by atoms with Crippen LogP contribution in [0.3, 0.4) is 0 Å². The molecule has 0 amide bonds. The summed E-state index contributed by atoms with van der Waals surface area (Å²) in [6.07, 6.45) is 12.4. The lowest BCUT2D eigenvalue weighted by Gasteiger charge is -2.26. The van der Waals surface area contributed by atoms with Gasteiger partial charge in [0.1, 0.15) is 0 Å². The standard InChI is InChI=1S/C18H34O4/c1-3-18(4-2,17(21)22)15-13-11-9-7-5-6-8-10-12-14-16(19)20/h3-15H2,1-2H3,(H,19,20)(H,21,22). The van der Waals surface area contributed by atoms with Gasteiger partial charge >= 0.3 is 11.9 Å². The molecule has 4 nitrogen and oxygen atoms in total. The van der Waals surface area contributed by atoms with Crippen molar-refractivity contribution in [1.82, 2.24) is 0 Å². The van der Waals surface area contributed by atoms with Crippen LogP contribution < -0.4 is 0 Å². The van der Waals surface area contributed by atoms with Gasteiger partial charge in [0.05, 0.1) is 5.41 Å². The maximum Gasteiger partial charge on any atom is 0.309 e. The van der Waals surface area contributed by atoms with Gasteiger partial charge in [0.25, 0.3) is 0 Å². The molecule has 0 aromatic carbocycles. The number of carboxylic acids is 2. The van der Waals surface area contributed by atoms with E-state index in [0.29, 0.717) is 6.42 Å². The molecule has 0 atom stereocenters. The third-order valence-electron chi connectivity index (χ3n) is 4.85. The number of hydrogen-bond acceptors (Lipinski definition) is 2. The summed E-state index contributed by atoms with van der Waals surface area (Å²) in [6.45, 7) is 3.95. The van der Waals surface area contributed by atoms with Crippen LogP contribution in [0.15, 0.2) is 0 Å². The van der Waals surface area contributed by atoms with Gasteiger partial charge < -0.3 is 10.2 Å². The topological polar surface area (TPSA) is 74.6 Å². The molecule has 0 aliphatic carbocycles. The Balaban J connectivity index is 3.50. The van der Waals surface area contributed by atoms with E-state index in [-0.39, 0.29) is 0 Å². The van der Waals surface area contributed by atoms with E-state index in [4.69, 9.17) is 5.11 Å². The van der Waals surface area contributed by atoms with Crippen LogP contribution in [-0.4, -0.2) is 22.2 Å². The first-order valence-electron chi connectivity index (χ1n) is 8.93. The van der Waals surface area contributed by atoms with Crippen molar-refractivity contribution in [3.63, 3.8) is 0 Å². The van der Waals surface area contributed by atoms with Crippen molar-refractivity contribution in [1.29, 1.82) is 0 Å². The summed E-state index contributed by atoms with van der Waals surface area (Å²) in [5.74, 6) is -1.34. The summed E-state index contributed by atoms with van der Waals surface area (Å²) < 4.78 is 0. The van der Waals surface area contributed by atoms with Crippen LogP contribution in [0.2, 0.25) is 0 Å². The van der Waals surface area contributed by atoms with Crippen LogP contribution in [0, 0.1) is 5.41 Å². The Hall–Kier alpha value is -1.06. The molecule has 0 unspecified atom stereocenters. The van der Waals surface area contributed by atoms with Crippen molar-refractivity contribution in [3.8, 4) is 0 Å². The van der Waals surface area contributed by atoms with Crippen molar-refractivity contribution in [2.24, 2.45) is 5.41 Å². The predicted octanol–water partition coefficient (Wildman–Crippen LogP) is 5.25. The normalized spacial score (nSPS) is 11.5. The smallest absolute Gasteiger partial charge is 0.309 e. The number of unbranched alkanes of at least 4 members (excludes halogenated alkanes) is 8. The molecule has 0 aromatic rings. The van der Waals surface area contributed by atoms with Crippen molar-refractivity contribution in [2.75, 3.05) is 0 Å². The fraction of sp³-hybridized carbons (Fsp3) is 0.889. The molecule has 0 aliphatic rings. The fourth-order valence-electron chi connectivity index (χ4n) is 2.99. The average Bonchev–Trinajstić information content (AvgIpc) is 2.48. The molecule has 0 aromatic heterocycles. The summed E-state index contributed by atoms with van der Waals surface area (Å²) in [5, 5.41) is 17.9. The minimum atomic E-state index is -0.698. The van der Waals surface area contributed by atoms with Gasteiger partial charge in [-0.2, -0.15) is 0 Å². The third kappa shape index (κ3) is 9.06. The van der Waals surface area contributed by atoms with E-state index in [1.54, 1.807) is 0 Å². The van der Waals surface area contributed by atoms with Crippen molar-refractivity contribution >= 4 is 11.9 Å². The highest BCUT2D eigenvalue weighted by molar-refractivity contribution is 5.74. The van der Waals surface area contributed by atoms with Gasteiger partial charge in [-0.25, -0.2) is 0 Å². The Bertz CT molecular complexity index is 308. The lowest BCUT2D eigenvalue weighted by Crippen LogP contribution is -2.29. The van der Waals surface area contributed by atoms with Crippen LogP contribution in [-0.2, 0) is 9.59 Å². The summed E-state index contributed by atoms with van der Waals surface area (Å²) in [5.41, 5.74) is -0.510. The number of carboxylic acid groups (broad SMARTS) is 2. The van der Waals surface area contributed by atoms with Crippen LogP contribution in [0.5, 0.6) is 0 Å². The minimum absolute atomic E-state index is 0.292. The zero-order valence-corrected chi connectivity index (χ0v) is 14.4. The lowest BCUT2D eigenvalue weighted by atomic mass is 9.78. The Morgan fingerprint density at radius 3 is 1.50 bits per heavy atom. The molecule has 0 saturated heterocycles. The third-order valence-corrected chi connectivity index (χ3v) is 4.85. The number of aliphatic carboxylic acids is 2. The van der Waals surface area contributed by atoms with E-state index < -0.39 is 17.4 Å². The highest BCUT2D eigenvalue weighted by Crippen LogP contribution is 2.33. The van der Waals surface area contributed by atoms with Gasteiger partial charge in [0.2, 0.25) is 0 Å². The Morgan fingerprint density at radius 1 is 0.727 bits per heavy atom. The van der Waals surface area contributed by atoms with E-state index in [2.05, 4.69) is 0 Å². The maximum absolute atomic E-state index is 11.4. The zero-order valence-electron chi connectivity index (χ0n) is 14.4. The molecule has 0 spiro atoms. The molecular formula is C18H34O4. The predicted molar refractivity (Wildman–Crippen MR) is 89.1 cm³/mol. The quantitative estimate of drug-likeness (QED) is 0.405. The van der Waals surface area contributed by atoms with Crippen molar-refractivity contribution in [2.45, 2.75) is 97.3 Å². The molecule has 0 saturated carbocycles. The molecule has 0 fully saturated rings. The minimum Gasteiger partial charge on any atom is -0.481 e. The zero-order chi connectivity index (χ0) is 16.8. The average molecular weight is 314 g/mol. The Morgan fingerprint density at radius 2 is 1.14 bits per heavy atom. The van der Waals surface area contributed by atoms with Gasteiger partial charge in [0, 0.05) is 6.42 Å². The lowest BCUT2D eigenvalue weighted by molar-refractivity contribution is -0.150. The van der Waals surface area contributed by atoms with E-state index in [0.717, 1.165) is 51.4 Å². The first kappa shape index (κ1) is 20.9.